The summed E-state index contributed by atoms with van der Waals surface area (Å²) >= 11 is 0. The molecule has 0 radical (unpaired) electrons. The molecule has 1 rings (SSSR count). The Bertz CT molecular complexity index is 504. The molecule has 1 fully saturated rings. The minimum absolute atomic E-state index is 0.0592. The number of nitrogens with one attached hydrogen (secondary N) is 2. The molecule has 1 aliphatic rings. The Morgan fingerprint density at radius 3 is 2.45 bits per heavy atom. The lowest BCUT2D eigenvalue weighted by molar-refractivity contribution is -0.146. The average molecular weight is 312 g/mol. The van der Waals surface area contributed by atoms with Crippen LogP contribution in [0.3, 0.4) is 0 Å². The fourth-order valence-corrected chi connectivity index (χ4v) is 2.15. The average Bonchev–Trinajstić information content (AvgIpc) is 3.09. The van der Waals surface area contributed by atoms with Crippen molar-refractivity contribution in [3.05, 3.63) is 0 Å². The third kappa shape index (κ3) is 4.37. The molecular formula is C14H20N2O6. The highest BCUT2D eigenvalue weighted by molar-refractivity contribution is 5.99. The largest absolute Gasteiger partial charge is 0.467 e. The normalized spacial score (nSPS) is 23.9. The lowest BCUT2D eigenvalue weighted by Crippen LogP contribution is -2.50. The van der Waals surface area contributed by atoms with E-state index in [9.17, 15) is 24.0 Å². The van der Waals surface area contributed by atoms with Crippen molar-refractivity contribution in [2.24, 2.45) is 5.92 Å². The Balaban J connectivity index is 2.69. The predicted molar refractivity (Wildman–Crippen MR) is 74.6 cm³/mol. The molecule has 0 aromatic rings. The van der Waals surface area contributed by atoms with Crippen LogP contribution in [-0.4, -0.2) is 48.5 Å². The van der Waals surface area contributed by atoms with Crippen LogP contribution in [0.2, 0.25) is 0 Å². The van der Waals surface area contributed by atoms with Gasteiger partial charge in [0.15, 0.2) is 5.54 Å². The monoisotopic (exact) mass is 312 g/mol. The third-order valence-corrected chi connectivity index (χ3v) is 3.36. The molecule has 3 unspecified atom stereocenters. The third-order valence-electron chi connectivity index (χ3n) is 3.36. The topological polar surface area (TPSA) is 119 Å². The van der Waals surface area contributed by atoms with Crippen LogP contribution in [0.1, 0.15) is 33.1 Å². The van der Waals surface area contributed by atoms with E-state index in [2.05, 4.69) is 15.4 Å². The number of ether oxygens (including phenoxy) is 1. The van der Waals surface area contributed by atoms with E-state index in [0.29, 0.717) is 6.29 Å². The van der Waals surface area contributed by atoms with E-state index in [1.165, 1.54) is 14.0 Å². The number of esters is 1. The summed E-state index contributed by atoms with van der Waals surface area (Å²) in [5.74, 6) is -2.44. The summed E-state index contributed by atoms with van der Waals surface area (Å²) in [6, 6.07) is -0.623. The second kappa shape index (κ2) is 7.15. The summed E-state index contributed by atoms with van der Waals surface area (Å²) < 4.78 is 4.66. The van der Waals surface area contributed by atoms with Crippen LogP contribution in [0.25, 0.3) is 0 Å². The molecule has 0 bridgehead atoms. The first-order valence-corrected chi connectivity index (χ1v) is 6.88. The molecule has 8 nitrogen and oxygen atoms in total. The van der Waals surface area contributed by atoms with Crippen molar-refractivity contribution < 1.29 is 28.7 Å². The van der Waals surface area contributed by atoms with Gasteiger partial charge in [0.05, 0.1) is 19.6 Å². The molecule has 0 heterocycles. The van der Waals surface area contributed by atoms with Crippen molar-refractivity contribution >= 4 is 29.9 Å². The van der Waals surface area contributed by atoms with Gasteiger partial charge in [0.2, 0.25) is 11.8 Å². The van der Waals surface area contributed by atoms with Gasteiger partial charge in [-0.05, 0) is 6.92 Å². The molecule has 1 aliphatic carbocycles. The van der Waals surface area contributed by atoms with Gasteiger partial charge < -0.3 is 20.2 Å². The highest BCUT2D eigenvalue weighted by atomic mass is 16.5. The van der Waals surface area contributed by atoms with Gasteiger partial charge in [0.1, 0.15) is 12.1 Å². The van der Waals surface area contributed by atoms with Gasteiger partial charge in [-0.15, -0.1) is 0 Å². The second-order valence-electron chi connectivity index (χ2n) is 5.53. The Morgan fingerprint density at radius 1 is 1.32 bits per heavy atom. The molecule has 3 atom stereocenters. The number of hydrogen-bond acceptors (Lipinski definition) is 6. The molecule has 122 valence electrons. The zero-order chi connectivity index (χ0) is 16.9. The molecule has 8 heteroatoms. The number of aldehydes is 1. The van der Waals surface area contributed by atoms with Gasteiger partial charge in [0.25, 0.3) is 0 Å². The fourth-order valence-electron chi connectivity index (χ4n) is 2.15. The van der Waals surface area contributed by atoms with Crippen molar-refractivity contribution in [3.8, 4) is 0 Å². The highest BCUT2D eigenvalue weighted by Gasteiger charge is 2.63. The number of amides is 2. The smallest absolute Gasteiger partial charge is 0.333 e. The van der Waals surface area contributed by atoms with Gasteiger partial charge in [-0.3, -0.25) is 14.4 Å². The maximum absolute atomic E-state index is 11.9. The molecule has 0 aromatic carbocycles. The van der Waals surface area contributed by atoms with Crippen LogP contribution in [0.4, 0.5) is 0 Å². The molecule has 1 saturated carbocycles. The summed E-state index contributed by atoms with van der Waals surface area (Å²) in [5, 5.41) is 5.04. The number of Topliss-reactive ketones (excluding diaryl/α,β-unsaturated/α-hetero) is 1. The van der Waals surface area contributed by atoms with Crippen LogP contribution in [0.5, 0.6) is 0 Å². The molecule has 2 N–H and O–H groups in total. The first kappa shape index (κ1) is 17.8. The van der Waals surface area contributed by atoms with E-state index in [-0.39, 0.29) is 25.0 Å². The number of rotatable bonds is 8. The summed E-state index contributed by atoms with van der Waals surface area (Å²) in [5.41, 5.74) is -1.32. The quantitative estimate of drug-likeness (QED) is 0.341. The predicted octanol–water partition coefficient (Wildman–Crippen LogP) is -0.893. The van der Waals surface area contributed by atoms with Crippen LogP contribution < -0.4 is 10.6 Å². The Hall–Kier alpha value is -2.25. The van der Waals surface area contributed by atoms with Crippen LogP contribution in [0, 0.1) is 5.92 Å². The maximum Gasteiger partial charge on any atom is 0.333 e. The molecule has 0 aliphatic heterocycles. The van der Waals surface area contributed by atoms with Crippen LogP contribution in [-0.2, 0) is 28.7 Å². The molecular weight excluding hydrogens is 292 g/mol. The van der Waals surface area contributed by atoms with Gasteiger partial charge in [-0.2, -0.15) is 0 Å². The summed E-state index contributed by atoms with van der Waals surface area (Å²) in [6.07, 6.45) is 0.480. The van der Waals surface area contributed by atoms with E-state index in [1.807, 2.05) is 0 Å². The van der Waals surface area contributed by atoms with Crippen molar-refractivity contribution in [2.75, 3.05) is 7.11 Å². The van der Waals surface area contributed by atoms with Crippen molar-refractivity contribution in [2.45, 2.75) is 44.7 Å². The number of carbonyl (C=O) groups excluding carboxylic acids is 5. The highest BCUT2D eigenvalue weighted by Crippen LogP contribution is 2.37. The Morgan fingerprint density at radius 2 is 1.95 bits per heavy atom. The maximum atomic E-state index is 11.9. The minimum atomic E-state index is -1.32. The van der Waals surface area contributed by atoms with Gasteiger partial charge in [-0.1, -0.05) is 6.92 Å². The molecule has 0 aromatic heterocycles. The van der Waals surface area contributed by atoms with Gasteiger partial charge >= 0.3 is 5.97 Å². The summed E-state index contributed by atoms with van der Waals surface area (Å²) in [7, 11) is 1.18. The summed E-state index contributed by atoms with van der Waals surface area (Å²) in [4.78, 5) is 56.7. The van der Waals surface area contributed by atoms with Gasteiger partial charge in [-0.25, -0.2) is 4.79 Å². The fraction of sp³-hybridized carbons (Fsp3) is 0.643. The van der Waals surface area contributed by atoms with Crippen molar-refractivity contribution in [1.82, 2.24) is 10.6 Å². The first-order chi connectivity index (χ1) is 10.2. The van der Waals surface area contributed by atoms with Crippen molar-refractivity contribution in [3.63, 3.8) is 0 Å². The molecule has 2 amide bonds. The zero-order valence-electron chi connectivity index (χ0n) is 12.8. The van der Waals surface area contributed by atoms with E-state index >= 15 is 0 Å². The molecule has 0 spiro atoms. The summed E-state index contributed by atoms with van der Waals surface area (Å²) in [6.45, 7) is 2.86. The second-order valence-corrected chi connectivity index (χ2v) is 5.53. The number of ketones is 1. The van der Waals surface area contributed by atoms with Crippen LogP contribution in [0.15, 0.2) is 0 Å². The Kier molecular flexibility index (Phi) is 5.78. The zero-order valence-corrected chi connectivity index (χ0v) is 12.8. The Labute approximate surface area is 127 Å². The number of carbonyl (C=O) groups is 5. The van der Waals surface area contributed by atoms with E-state index in [1.54, 1.807) is 6.92 Å². The van der Waals surface area contributed by atoms with Crippen molar-refractivity contribution in [1.29, 1.82) is 0 Å². The lowest BCUT2D eigenvalue weighted by Gasteiger charge is -2.18. The van der Waals surface area contributed by atoms with Crippen LogP contribution >= 0.6 is 0 Å². The standard InChI is InChI=1S/C14H20N2O6/c1-8(7-17)4-12(20)16-14(13(21)22-3)6-10(14)15-11(19)5-9(2)18/h7-8,10H,4-6H2,1-3H3,(H,15,19)(H,16,20). The minimum Gasteiger partial charge on any atom is -0.467 e. The van der Waals surface area contributed by atoms with E-state index < -0.39 is 35.3 Å². The van der Waals surface area contributed by atoms with Gasteiger partial charge in [0, 0.05) is 18.8 Å². The molecule has 22 heavy (non-hydrogen) atoms. The SMILES string of the molecule is COC(=O)C1(NC(=O)CC(C)C=O)CC1NC(=O)CC(C)=O. The first-order valence-electron chi connectivity index (χ1n) is 6.88. The van der Waals surface area contributed by atoms with E-state index in [0.717, 1.165) is 0 Å². The number of methoxy groups -OCH3 is 1. The number of hydrogen-bond donors (Lipinski definition) is 2. The lowest BCUT2D eigenvalue weighted by atomic mass is 10.1. The van der Waals surface area contributed by atoms with E-state index in [4.69, 9.17) is 0 Å². The molecule has 0 saturated heterocycles.